The van der Waals surface area contributed by atoms with Crippen molar-refractivity contribution < 1.29 is 4.79 Å². The van der Waals surface area contributed by atoms with Gasteiger partial charge in [-0.3, -0.25) is 10.1 Å². The lowest BCUT2D eigenvalue weighted by Crippen LogP contribution is -2.13. The van der Waals surface area contributed by atoms with Gasteiger partial charge in [0, 0.05) is 10.9 Å². The van der Waals surface area contributed by atoms with Crippen LogP contribution in [0.3, 0.4) is 0 Å². The van der Waals surface area contributed by atoms with Gasteiger partial charge < -0.3 is 0 Å². The van der Waals surface area contributed by atoms with E-state index in [0.717, 1.165) is 34.2 Å². The van der Waals surface area contributed by atoms with Crippen LogP contribution in [0.1, 0.15) is 32.6 Å². The first kappa shape index (κ1) is 15.5. The summed E-state index contributed by atoms with van der Waals surface area (Å²) in [6, 6.07) is 14.6. The summed E-state index contributed by atoms with van der Waals surface area (Å²) >= 11 is 1.55. The van der Waals surface area contributed by atoms with Crippen molar-refractivity contribution in [3.63, 3.8) is 0 Å². The molecule has 26 heavy (non-hydrogen) atoms. The lowest BCUT2D eigenvalue weighted by molar-refractivity contribution is 0.102. The van der Waals surface area contributed by atoms with E-state index in [4.69, 9.17) is 4.98 Å². The molecule has 0 unspecified atom stereocenters. The number of carbonyl (C=O) groups is 1. The number of fused-ring (bicyclic) bond motifs is 2. The van der Waals surface area contributed by atoms with Crippen LogP contribution in [0, 0.1) is 13.8 Å². The Morgan fingerprint density at radius 3 is 2.81 bits per heavy atom. The fraction of sp³-hybridized carbons (Fsp3) is 0.182. The molecule has 0 spiro atoms. The van der Waals surface area contributed by atoms with Crippen molar-refractivity contribution in [1.82, 2.24) is 4.98 Å². The Bertz CT molecular complexity index is 1210. The monoisotopic (exact) mass is 358 g/mol. The first-order chi connectivity index (χ1) is 12.6. The zero-order chi connectivity index (χ0) is 17.8. The minimum Gasteiger partial charge on any atom is -0.298 e. The molecule has 0 atom stereocenters. The van der Waals surface area contributed by atoms with Crippen LogP contribution in [-0.2, 0) is 12.8 Å². The average Bonchev–Trinajstić information content (AvgIpc) is 3.22. The highest BCUT2D eigenvalue weighted by Crippen LogP contribution is 2.39. The predicted molar refractivity (Wildman–Crippen MR) is 108 cm³/mol. The van der Waals surface area contributed by atoms with E-state index in [2.05, 4.69) is 29.6 Å². The second-order valence-electron chi connectivity index (χ2n) is 7.01. The Balaban J connectivity index is 1.58. The smallest absolute Gasteiger partial charge is 0.257 e. The Labute approximate surface area is 155 Å². The summed E-state index contributed by atoms with van der Waals surface area (Å²) in [4.78, 5) is 17.5. The molecule has 128 valence electrons. The van der Waals surface area contributed by atoms with Gasteiger partial charge in [-0.05, 0) is 60.9 Å². The van der Waals surface area contributed by atoms with Crippen LogP contribution < -0.4 is 5.32 Å². The number of thiazole rings is 1. The SMILES string of the molecule is Cc1ccc(C)c(C(=O)Nc2nc3c(cc4c5c(cccc53)CC4)s2)c1. The van der Waals surface area contributed by atoms with E-state index in [9.17, 15) is 4.79 Å². The van der Waals surface area contributed by atoms with Crippen LogP contribution in [-0.4, -0.2) is 10.9 Å². The van der Waals surface area contributed by atoms with Gasteiger partial charge in [0.1, 0.15) is 0 Å². The Kier molecular flexibility index (Phi) is 3.37. The number of nitrogens with one attached hydrogen (secondary N) is 1. The molecule has 0 fully saturated rings. The third-order valence-electron chi connectivity index (χ3n) is 5.21. The maximum Gasteiger partial charge on any atom is 0.257 e. The molecule has 0 bridgehead atoms. The van der Waals surface area contributed by atoms with E-state index in [0.29, 0.717) is 10.7 Å². The van der Waals surface area contributed by atoms with Crippen molar-refractivity contribution in [3.05, 3.63) is 70.3 Å². The van der Waals surface area contributed by atoms with E-state index in [1.54, 1.807) is 11.3 Å². The van der Waals surface area contributed by atoms with E-state index < -0.39 is 0 Å². The minimum absolute atomic E-state index is 0.0948. The van der Waals surface area contributed by atoms with Crippen LogP contribution in [0.25, 0.3) is 21.0 Å². The highest BCUT2D eigenvalue weighted by molar-refractivity contribution is 7.22. The zero-order valence-corrected chi connectivity index (χ0v) is 15.5. The molecule has 0 aliphatic heterocycles. The van der Waals surface area contributed by atoms with Crippen molar-refractivity contribution >= 4 is 43.4 Å². The molecule has 0 saturated heterocycles. The number of hydrogen-bond donors (Lipinski definition) is 1. The molecule has 1 amide bonds. The third-order valence-corrected chi connectivity index (χ3v) is 6.13. The largest absolute Gasteiger partial charge is 0.298 e. The molecule has 1 heterocycles. The van der Waals surface area contributed by atoms with Gasteiger partial charge in [0.25, 0.3) is 5.91 Å². The molecular weight excluding hydrogens is 340 g/mol. The summed E-state index contributed by atoms with van der Waals surface area (Å²) in [5, 5.41) is 6.23. The lowest BCUT2D eigenvalue weighted by atomic mass is 10.0. The number of nitrogens with zero attached hydrogens (tertiary/aromatic N) is 1. The third kappa shape index (κ3) is 2.33. The van der Waals surface area contributed by atoms with E-state index in [1.807, 2.05) is 32.0 Å². The summed E-state index contributed by atoms with van der Waals surface area (Å²) in [6.07, 6.45) is 2.20. The second-order valence-corrected chi connectivity index (χ2v) is 8.04. The van der Waals surface area contributed by atoms with Crippen molar-refractivity contribution in [2.75, 3.05) is 5.32 Å². The summed E-state index contributed by atoms with van der Waals surface area (Å²) in [5.74, 6) is -0.0948. The molecule has 5 rings (SSSR count). The lowest BCUT2D eigenvalue weighted by Gasteiger charge is -2.06. The number of hydrogen-bond acceptors (Lipinski definition) is 3. The average molecular weight is 358 g/mol. The molecule has 3 nitrogen and oxygen atoms in total. The molecule has 1 aromatic heterocycles. The standard InChI is InChI=1S/C22H18N2OS/c1-12-6-7-13(2)17(10-12)21(25)24-22-23-20-16-5-3-4-14-8-9-15(19(14)16)11-18(20)26-22/h3-7,10-11H,8-9H2,1-2H3,(H,23,24,25). The number of carbonyl (C=O) groups excluding carboxylic acids is 1. The maximum atomic E-state index is 12.7. The van der Waals surface area contributed by atoms with Crippen LogP contribution in [0.15, 0.2) is 42.5 Å². The number of benzene rings is 3. The number of aromatic nitrogens is 1. The molecule has 0 saturated carbocycles. The van der Waals surface area contributed by atoms with Crippen LogP contribution in [0.4, 0.5) is 5.13 Å². The normalized spacial score (nSPS) is 12.8. The Morgan fingerprint density at radius 2 is 1.92 bits per heavy atom. The number of rotatable bonds is 2. The summed E-state index contributed by atoms with van der Waals surface area (Å²) in [5.41, 5.74) is 6.57. The topological polar surface area (TPSA) is 42.0 Å². The van der Waals surface area contributed by atoms with Crippen molar-refractivity contribution in [2.45, 2.75) is 26.7 Å². The number of aryl methyl sites for hydroxylation is 4. The maximum absolute atomic E-state index is 12.7. The van der Waals surface area contributed by atoms with Gasteiger partial charge in [0.05, 0.1) is 10.2 Å². The van der Waals surface area contributed by atoms with E-state index >= 15 is 0 Å². The fourth-order valence-electron chi connectivity index (χ4n) is 3.90. The zero-order valence-electron chi connectivity index (χ0n) is 14.7. The summed E-state index contributed by atoms with van der Waals surface area (Å²) in [7, 11) is 0. The molecule has 1 N–H and O–H groups in total. The molecule has 4 heteroatoms. The quantitative estimate of drug-likeness (QED) is 0.520. The van der Waals surface area contributed by atoms with Crippen molar-refractivity contribution in [2.24, 2.45) is 0 Å². The van der Waals surface area contributed by atoms with Crippen molar-refractivity contribution in [3.8, 4) is 0 Å². The molecule has 4 aromatic rings. The first-order valence-corrected chi connectivity index (χ1v) is 9.64. The van der Waals surface area contributed by atoms with Gasteiger partial charge >= 0.3 is 0 Å². The van der Waals surface area contributed by atoms with Crippen molar-refractivity contribution in [1.29, 1.82) is 0 Å². The van der Waals surface area contributed by atoms with Crippen LogP contribution in [0.2, 0.25) is 0 Å². The van der Waals surface area contributed by atoms with Gasteiger partial charge in [-0.1, -0.05) is 47.2 Å². The Hall–Kier alpha value is -2.72. The van der Waals surface area contributed by atoms with Gasteiger partial charge in [0.2, 0.25) is 0 Å². The molecule has 1 aliphatic carbocycles. The predicted octanol–water partition coefficient (Wildman–Crippen LogP) is 5.42. The minimum atomic E-state index is -0.0948. The number of anilines is 1. The second kappa shape index (κ2) is 5.64. The van der Waals surface area contributed by atoms with Crippen LogP contribution >= 0.6 is 11.3 Å². The fourth-order valence-corrected chi connectivity index (χ4v) is 4.85. The molecule has 3 aromatic carbocycles. The number of amides is 1. The highest BCUT2D eigenvalue weighted by atomic mass is 32.1. The molecular formula is C22H18N2OS. The van der Waals surface area contributed by atoms with Gasteiger partial charge in [-0.2, -0.15) is 0 Å². The summed E-state index contributed by atoms with van der Waals surface area (Å²) < 4.78 is 1.14. The van der Waals surface area contributed by atoms with Gasteiger partial charge in [-0.25, -0.2) is 4.98 Å². The molecule has 1 aliphatic rings. The van der Waals surface area contributed by atoms with E-state index in [-0.39, 0.29) is 5.91 Å². The van der Waals surface area contributed by atoms with Gasteiger partial charge in [-0.15, -0.1) is 0 Å². The first-order valence-electron chi connectivity index (χ1n) is 8.83. The van der Waals surface area contributed by atoms with Gasteiger partial charge in [0.15, 0.2) is 5.13 Å². The van der Waals surface area contributed by atoms with E-state index in [1.165, 1.54) is 21.9 Å². The highest BCUT2D eigenvalue weighted by Gasteiger charge is 2.19. The summed E-state index contributed by atoms with van der Waals surface area (Å²) in [6.45, 7) is 3.96. The van der Waals surface area contributed by atoms with Crippen LogP contribution in [0.5, 0.6) is 0 Å². The Morgan fingerprint density at radius 1 is 1.08 bits per heavy atom. The molecule has 0 radical (unpaired) electrons.